The molecule has 0 saturated carbocycles. The molecule has 2 aromatic rings. The summed E-state index contributed by atoms with van der Waals surface area (Å²) < 4.78 is 2.76. The van der Waals surface area contributed by atoms with E-state index < -0.39 is 0 Å². The Morgan fingerprint density at radius 2 is 2.27 bits per heavy atom. The third kappa shape index (κ3) is 1.90. The van der Waals surface area contributed by atoms with Gasteiger partial charge >= 0.3 is 0 Å². The van der Waals surface area contributed by atoms with Crippen molar-refractivity contribution in [3.05, 3.63) is 34.9 Å². The molecule has 2 rings (SSSR count). The number of hydrogen-bond acceptors (Lipinski definition) is 2. The molecule has 0 aliphatic rings. The number of aromatic nitrogens is 2. The number of aryl methyl sites for hydroxylation is 1. The Bertz CT molecular complexity index is 479. The molecule has 1 heterocycles. The minimum atomic E-state index is 0.218. The Labute approximate surface area is 96.5 Å². The topological polar surface area (TPSA) is 38.0 Å². The number of nitrogens with zero attached hydrogens (tertiary/aromatic N) is 2. The van der Waals surface area contributed by atoms with E-state index in [9.17, 15) is 5.11 Å². The minimum absolute atomic E-state index is 0.218. The fraction of sp³-hybridized carbons (Fsp3) is 0.182. The molecule has 15 heavy (non-hydrogen) atoms. The van der Waals surface area contributed by atoms with Crippen molar-refractivity contribution >= 4 is 15.9 Å². The predicted molar refractivity (Wildman–Crippen MR) is 62.7 cm³/mol. The molecule has 0 unspecified atom stereocenters. The van der Waals surface area contributed by atoms with Gasteiger partial charge in [-0.05, 0) is 19.1 Å². The van der Waals surface area contributed by atoms with Gasteiger partial charge in [-0.2, -0.15) is 5.10 Å². The highest BCUT2D eigenvalue weighted by atomic mass is 79.9. The SMILES string of the molecule is CCn1ncc(O)c1-c1cccc(Br)c1. The summed E-state index contributed by atoms with van der Waals surface area (Å²) in [4.78, 5) is 0. The average molecular weight is 267 g/mol. The molecule has 0 amide bonds. The lowest BCUT2D eigenvalue weighted by molar-refractivity contribution is 0.476. The van der Waals surface area contributed by atoms with Crippen LogP contribution in [0.4, 0.5) is 0 Å². The molecular formula is C11H11BrN2O. The summed E-state index contributed by atoms with van der Waals surface area (Å²) in [5, 5.41) is 13.8. The van der Waals surface area contributed by atoms with Gasteiger partial charge in [-0.15, -0.1) is 0 Å². The first-order valence-corrected chi connectivity index (χ1v) is 5.52. The maximum atomic E-state index is 9.71. The molecule has 4 heteroatoms. The van der Waals surface area contributed by atoms with Crippen LogP contribution in [0.2, 0.25) is 0 Å². The van der Waals surface area contributed by atoms with Crippen LogP contribution in [0.15, 0.2) is 34.9 Å². The Hall–Kier alpha value is -1.29. The van der Waals surface area contributed by atoms with Gasteiger partial charge in [-0.25, -0.2) is 0 Å². The largest absolute Gasteiger partial charge is 0.504 e. The van der Waals surface area contributed by atoms with Crippen LogP contribution in [0.1, 0.15) is 6.92 Å². The first kappa shape index (κ1) is 10.2. The van der Waals surface area contributed by atoms with Crippen LogP contribution < -0.4 is 0 Å². The Morgan fingerprint density at radius 1 is 1.47 bits per heavy atom. The monoisotopic (exact) mass is 266 g/mol. The van der Waals surface area contributed by atoms with Gasteiger partial charge in [-0.3, -0.25) is 4.68 Å². The third-order valence-corrected chi connectivity index (χ3v) is 2.71. The molecule has 0 fully saturated rings. The number of rotatable bonds is 2. The summed E-state index contributed by atoms with van der Waals surface area (Å²) in [5.41, 5.74) is 1.72. The van der Waals surface area contributed by atoms with Crippen molar-refractivity contribution < 1.29 is 5.11 Å². The Morgan fingerprint density at radius 3 is 2.93 bits per heavy atom. The molecule has 0 radical (unpaired) electrons. The average Bonchev–Trinajstić information content (AvgIpc) is 2.59. The fourth-order valence-electron chi connectivity index (χ4n) is 1.55. The van der Waals surface area contributed by atoms with Gasteiger partial charge in [0.25, 0.3) is 0 Å². The van der Waals surface area contributed by atoms with Gasteiger partial charge in [0.1, 0.15) is 5.69 Å². The van der Waals surface area contributed by atoms with E-state index in [-0.39, 0.29) is 5.75 Å². The zero-order chi connectivity index (χ0) is 10.8. The second-order valence-corrected chi connectivity index (χ2v) is 4.12. The van der Waals surface area contributed by atoms with Crippen molar-refractivity contribution in [1.82, 2.24) is 9.78 Å². The van der Waals surface area contributed by atoms with Gasteiger partial charge in [-0.1, -0.05) is 28.1 Å². The number of benzene rings is 1. The normalized spacial score (nSPS) is 10.5. The van der Waals surface area contributed by atoms with E-state index in [0.29, 0.717) is 0 Å². The molecule has 0 spiro atoms. The van der Waals surface area contributed by atoms with Crippen molar-refractivity contribution in [1.29, 1.82) is 0 Å². The van der Waals surface area contributed by atoms with Crippen molar-refractivity contribution in [2.24, 2.45) is 0 Å². The Kier molecular flexibility index (Phi) is 2.77. The highest BCUT2D eigenvalue weighted by Crippen LogP contribution is 2.30. The summed E-state index contributed by atoms with van der Waals surface area (Å²) in [6.07, 6.45) is 1.47. The lowest BCUT2D eigenvalue weighted by atomic mass is 10.1. The quantitative estimate of drug-likeness (QED) is 0.908. The van der Waals surface area contributed by atoms with Crippen LogP contribution in [-0.4, -0.2) is 14.9 Å². The van der Waals surface area contributed by atoms with Crippen LogP contribution in [0.3, 0.4) is 0 Å². The summed E-state index contributed by atoms with van der Waals surface area (Å²) in [7, 11) is 0. The summed E-state index contributed by atoms with van der Waals surface area (Å²) in [6.45, 7) is 2.73. The summed E-state index contributed by atoms with van der Waals surface area (Å²) >= 11 is 3.41. The van der Waals surface area contributed by atoms with Gasteiger partial charge in [0.15, 0.2) is 5.75 Å². The minimum Gasteiger partial charge on any atom is -0.504 e. The third-order valence-electron chi connectivity index (χ3n) is 2.22. The number of halogens is 1. The first-order chi connectivity index (χ1) is 7.22. The molecule has 0 atom stereocenters. The summed E-state index contributed by atoms with van der Waals surface area (Å²) in [6, 6.07) is 7.80. The van der Waals surface area contributed by atoms with Crippen LogP contribution in [0.5, 0.6) is 5.75 Å². The van der Waals surface area contributed by atoms with E-state index in [1.165, 1.54) is 6.20 Å². The van der Waals surface area contributed by atoms with Crippen LogP contribution in [0, 0.1) is 0 Å². The molecule has 1 aromatic heterocycles. The number of hydrogen-bond donors (Lipinski definition) is 1. The maximum absolute atomic E-state index is 9.71. The molecule has 78 valence electrons. The van der Waals surface area contributed by atoms with Crippen molar-refractivity contribution in [3.8, 4) is 17.0 Å². The first-order valence-electron chi connectivity index (χ1n) is 4.73. The van der Waals surface area contributed by atoms with E-state index in [1.54, 1.807) is 4.68 Å². The van der Waals surface area contributed by atoms with Crippen molar-refractivity contribution in [2.75, 3.05) is 0 Å². The predicted octanol–water partition coefficient (Wildman–Crippen LogP) is 3.04. The second kappa shape index (κ2) is 4.06. The molecule has 0 saturated heterocycles. The lowest BCUT2D eigenvalue weighted by Crippen LogP contribution is -1.98. The van der Waals surface area contributed by atoms with Gasteiger partial charge in [0.05, 0.1) is 6.20 Å². The van der Waals surface area contributed by atoms with E-state index in [1.807, 2.05) is 31.2 Å². The molecule has 0 aliphatic heterocycles. The maximum Gasteiger partial charge on any atom is 0.161 e. The number of aromatic hydroxyl groups is 1. The van der Waals surface area contributed by atoms with Crippen LogP contribution >= 0.6 is 15.9 Å². The zero-order valence-electron chi connectivity index (χ0n) is 8.31. The van der Waals surface area contributed by atoms with E-state index in [0.717, 1.165) is 22.3 Å². The van der Waals surface area contributed by atoms with Crippen LogP contribution in [0.25, 0.3) is 11.3 Å². The van der Waals surface area contributed by atoms with Crippen molar-refractivity contribution in [3.63, 3.8) is 0 Å². The molecule has 1 N–H and O–H groups in total. The highest BCUT2D eigenvalue weighted by Gasteiger charge is 2.10. The van der Waals surface area contributed by atoms with E-state index in [4.69, 9.17) is 0 Å². The smallest absolute Gasteiger partial charge is 0.161 e. The van der Waals surface area contributed by atoms with E-state index in [2.05, 4.69) is 21.0 Å². The molecular weight excluding hydrogens is 256 g/mol. The molecule has 3 nitrogen and oxygen atoms in total. The fourth-order valence-corrected chi connectivity index (χ4v) is 1.95. The van der Waals surface area contributed by atoms with Gasteiger partial charge in [0.2, 0.25) is 0 Å². The van der Waals surface area contributed by atoms with E-state index >= 15 is 0 Å². The Balaban J connectivity index is 2.57. The standard InChI is InChI=1S/C11H11BrN2O/c1-2-14-11(10(15)7-13-14)8-4-3-5-9(12)6-8/h3-7,15H,2H2,1H3. The van der Waals surface area contributed by atoms with Crippen molar-refractivity contribution in [2.45, 2.75) is 13.5 Å². The highest BCUT2D eigenvalue weighted by molar-refractivity contribution is 9.10. The summed E-state index contributed by atoms with van der Waals surface area (Å²) in [5.74, 6) is 0.218. The lowest BCUT2D eigenvalue weighted by Gasteiger charge is -2.05. The zero-order valence-corrected chi connectivity index (χ0v) is 9.90. The molecule has 0 aliphatic carbocycles. The molecule has 0 bridgehead atoms. The van der Waals surface area contributed by atoms with Gasteiger partial charge in [0, 0.05) is 16.6 Å². The van der Waals surface area contributed by atoms with Crippen LogP contribution in [-0.2, 0) is 6.54 Å². The second-order valence-electron chi connectivity index (χ2n) is 3.20. The molecule has 1 aromatic carbocycles. The van der Waals surface area contributed by atoms with Gasteiger partial charge < -0.3 is 5.11 Å².